The molecule has 0 aliphatic heterocycles. The largest absolute Gasteiger partial charge is 0.383 e. The molecule has 3 heteroatoms. The van der Waals surface area contributed by atoms with Gasteiger partial charge in [0.05, 0.1) is 6.61 Å². The van der Waals surface area contributed by atoms with Gasteiger partial charge in [-0.05, 0) is 26.6 Å². The van der Waals surface area contributed by atoms with E-state index in [9.17, 15) is 0 Å². The smallest absolute Gasteiger partial charge is 0.0630 e. The molecule has 0 aromatic rings. The van der Waals surface area contributed by atoms with Crippen LogP contribution in [0.5, 0.6) is 0 Å². The number of likely N-dealkylation sites (N-methyl/N-ethyl adjacent to an activating group) is 2. The zero-order valence-electron chi connectivity index (χ0n) is 9.47. The van der Waals surface area contributed by atoms with Gasteiger partial charge >= 0.3 is 0 Å². The first kappa shape index (κ1) is 12.9. The number of nitrogens with zero attached hydrogens (tertiary/aromatic N) is 1. The Morgan fingerprint density at radius 3 is 2.46 bits per heavy atom. The molecule has 0 aromatic heterocycles. The Balaban J connectivity index is 3.94. The highest BCUT2D eigenvalue weighted by molar-refractivity contribution is 4.71. The van der Waals surface area contributed by atoms with Gasteiger partial charge in [-0.3, -0.25) is 4.90 Å². The van der Waals surface area contributed by atoms with E-state index in [1.807, 2.05) is 7.05 Å². The Morgan fingerprint density at radius 1 is 1.38 bits per heavy atom. The summed E-state index contributed by atoms with van der Waals surface area (Å²) in [6, 6.07) is 0.514. The van der Waals surface area contributed by atoms with Crippen molar-refractivity contribution in [3.63, 3.8) is 0 Å². The first-order chi connectivity index (χ1) is 6.29. The molecule has 0 saturated carbocycles. The third-order valence-corrected chi connectivity index (χ3v) is 2.23. The van der Waals surface area contributed by atoms with E-state index in [2.05, 4.69) is 24.1 Å². The highest BCUT2D eigenvalue weighted by Gasteiger charge is 2.14. The van der Waals surface area contributed by atoms with Gasteiger partial charge in [0.2, 0.25) is 0 Å². The van der Waals surface area contributed by atoms with Crippen molar-refractivity contribution in [3.8, 4) is 0 Å². The standard InChI is InChI=1S/C10H24N2O/c1-5-7-12(6-2)10(8-11-3)9-13-4/h10-11H,5-9H2,1-4H3. The van der Waals surface area contributed by atoms with Gasteiger partial charge < -0.3 is 10.1 Å². The zero-order valence-corrected chi connectivity index (χ0v) is 9.47. The second-order valence-corrected chi connectivity index (χ2v) is 3.30. The highest BCUT2D eigenvalue weighted by Crippen LogP contribution is 2.00. The second-order valence-electron chi connectivity index (χ2n) is 3.30. The van der Waals surface area contributed by atoms with Gasteiger partial charge in [0.15, 0.2) is 0 Å². The summed E-state index contributed by atoms with van der Waals surface area (Å²) in [6.07, 6.45) is 1.21. The highest BCUT2D eigenvalue weighted by atomic mass is 16.5. The summed E-state index contributed by atoms with van der Waals surface area (Å²) in [6.45, 7) is 8.49. The molecule has 0 fully saturated rings. The van der Waals surface area contributed by atoms with Crippen LogP contribution in [0.15, 0.2) is 0 Å². The average molecular weight is 188 g/mol. The van der Waals surface area contributed by atoms with Crippen molar-refractivity contribution in [2.24, 2.45) is 0 Å². The number of nitrogens with one attached hydrogen (secondary N) is 1. The number of hydrogen-bond acceptors (Lipinski definition) is 3. The van der Waals surface area contributed by atoms with Crippen LogP contribution in [0.25, 0.3) is 0 Å². The number of hydrogen-bond donors (Lipinski definition) is 1. The topological polar surface area (TPSA) is 24.5 Å². The number of rotatable bonds is 8. The van der Waals surface area contributed by atoms with E-state index in [1.54, 1.807) is 7.11 Å². The Hall–Kier alpha value is -0.120. The van der Waals surface area contributed by atoms with E-state index < -0.39 is 0 Å². The van der Waals surface area contributed by atoms with Crippen LogP contribution >= 0.6 is 0 Å². The van der Waals surface area contributed by atoms with Gasteiger partial charge in [-0.2, -0.15) is 0 Å². The first-order valence-electron chi connectivity index (χ1n) is 5.17. The van der Waals surface area contributed by atoms with Crippen LogP contribution in [0.3, 0.4) is 0 Å². The van der Waals surface area contributed by atoms with E-state index in [4.69, 9.17) is 4.74 Å². The number of ether oxygens (including phenoxy) is 1. The summed E-state index contributed by atoms with van der Waals surface area (Å²) in [5.41, 5.74) is 0. The molecule has 1 N–H and O–H groups in total. The molecule has 0 spiro atoms. The molecule has 0 heterocycles. The molecule has 13 heavy (non-hydrogen) atoms. The normalized spacial score (nSPS) is 13.6. The molecule has 0 bridgehead atoms. The lowest BCUT2D eigenvalue weighted by Gasteiger charge is -2.29. The van der Waals surface area contributed by atoms with Crippen molar-refractivity contribution in [2.75, 3.05) is 40.4 Å². The van der Waals surface area contributed by atoms with E-state index in [-0.39, 0.29) is 0 Å². The molecular formula is C10H24N2O. The van der Waals surface area contributed by atoms with E-state index in [1.165, 1.54) is 6.42 Å². The molecule has 0 rings (SSSR count). The molecule has 0 saturated heterocycles. The van der Waals surface area contributed by atoms with E-state index in [0.29, 0.717) is 6.04 Å². The van der Waals surface area contributed by atoms with E-state index in [0.717, 1.165) is 26.2 Å². The average Bonchev–Trinajstić information content (AvgIpc) is 2.14. The fraction of sp³-hybridized carbons (Fsp3) is 1.00. The maximum Gasteiger partial charge on any atom is 0.0630 e. The summed E-state index contributed by atoms with van der Waals surface area (Å²) in [5, 5.41) is 3.20. The van der Waals surface area contributed by atoms with Gasteiger partial charge in [-0.25, -0.2) is 0 Å². The molecule has 1 atom stereocenters. The Labute approximate surface area is 82.4 Å². The van der Waals surface area contributed by atoms with Gasteiger partial charge in [0.25, 0.3) is 0 Å². The first-order valence-corrected chi connectivity index (χ1v) is 5.17. The van der Waals surface area contributed by atoms with Crippen LogP contribution in [0, 0.1) is 0 Å². The van der Waals surface area contributed by atoms with Crippen LogP contribution in [0.4, 0.5) is 0 Å². The van der Waals surface area contributed by atoms with Crippen LogP contribution in [-0.2, 0) is 4.74 Å². The van der Waals surface area contributed by atoms with E-state index >= 15 is 0 Å². The summed E-state index contributed by atoms with van der Waals surface area (Å²) in [7, 11) is 3.75. The maximum atomic E-state index is 5.20. The van der Waals surface area contributed by atoms with Crippen molar-refractivity contribution in [3.05, 3.63) is 0 Å². The van der Waals surface area contributed by atoms with Crippen molar-refractivity contribution in [1.82, 2.24) is 10.2 Å². The predicted molar refractivity (Wildman–Crippen MR) is 57.1 cm³/mol. The van der Waals surface area contributed by atoms with Crippen LogP contribution in [-0.4, -0.2) is 51.3 Å². The van der Waals surface area contributed by atoms with Crippen LogP contribution in [0.1, 0.15) is 20.3 Å². The zero-order chi connectivity index (χ0) is 10.1. The Bertz CT molecular complexity index is 103. The monoisotopic (exact) mass is 188 g/mol. The fourth-order valence-corrected chi connectivity index (χ4v) is 1.61. The maximum absolute atomic E-state index is 5.20. The quantitative estimate of drug-likeness (QED) is 0.614. The lowest BCUT2D eigenvalue weighted by atomic mass is 10.2. The number of methoxy groups -OCH3 is 1. The van der Waals surface area contributed by atoms with Gasteiger partial charge in [0.1, 0.15) is 0 Å². The molecule has 1 unspecified atom stereocenters. The van der Waals surface area contributed by atoms with Crippen molar-refractivity contribution in [1.29, 1.82) is 0 Å². The lowest BCUT2D eigenvalue weighted by molar-refractivity contribution is 0.0935. The fourth-order valence-electron chi connectivity index (χ4n) is 1.61. The van der Waals surface area contributed by atoms with Crippen molar-refractivity contribution in [2.45, 2.75) is 26.3 Å². The van der Waals surface area contributed by atoms with Crippen molar-refractivity contribution >= 4 is 0 Å². The molecule has 80 valence electrons. The lowest BCUT2D eigenvalue weighted by Crippen LogP contribution is -2.44. The molecular weight excluding hydrogens is 164 g/mol. The molecule has 0 aromatic carbocycles. The minimum atomic E-state index is 0.514. The SMILES string of the molecule is CCCN(CC)C(CNC)COC. The second kappa shape index (κ2) is 8.48. The minimum absolute atomic E-state index is 0.514. The van der Waals surface area contributed by atoms with Gasteiger partial charge in [-0.1, -0.05) is 13.8 Å². The van der Waals surface area contributed by atoms with Crippen LogP contribution < -0.4 is 5.32 Å². The molecule has 3 nitrogen and oxygen atoms in total. The summed E-state index contributed by atoms with van der Waals surface area (Å²) < 4.78 is 5.20. The van der Waals surface area contributed by atoms with Gasteiger partial charge in [0, 0.05) is 19.7 Å². The summed E-state index contributed by atoms with van der Waals surface area (Å²) in [5.74, 6) is 0. The molecule has 0 radical (unpaired) electrons. The Kier molecular flexibility index (Phi) is 8.40. The van der Waals surface area contributed by atoms with Crippen LogP contribution in [0.2, 0.25) is 0 Å². The molecule has 0 aliphatic carbocycles. The molecule has 0 aliphatic rings. The van der Waals surface area contributed by atoms with Crippen molar-refractivity contribution < 1.29 is 4.74 Å². The third-order valence-electron chi connectivity index (χ3n) is 2.23. The Morgan fingerprint density at radius 2 is 2.08 bits per heavy atom. The predicted octanol–water partition coefficient (Wildman–Crippen LogP) is 0.953. The summed E-state index contributed by atoms with van der Waals surface area (Å²) >= 11 is 0. The van der Waals surface area contributed by atoms with Gasteiger partial charge in [-0.15, -0.1) is 0 Å². The third kappa shape index (κ3) is 5.24. The molecule has 0 amide bonds. The summed E-state index contributed by atoms with van der Waals surface area (Å²) in [4.78, 5) is 2.46. The minimum Gasteiger partial charge on any atom is -0.383 e.